The number of rotatable bonds is 7. The summed E-state index contributed by atoms with van der Waals surface area (Å²) in [4.78, 5) is 25.1. The Bertz CT molecular complexity index is 604. The Morgan fingerprint density at radius 2 is 1.92 bits per heavy atom. The van der Waals surface area contributed by atoms with Gasteiger partial charge in [-0.05, 0) is 57.5 Å². The van der Waals surface area contributed by atoms with Crippen molar-refractivity contribution in [2.75, 3.05) is 31.5 Å². The second kappa shape index (κ2) is 9.31. The molecule has 0 radical (unpaired) electrons. The first-order valence-corrected chi connectivity index (χ1v) is 8.47. The minimum atomic E-state index is -0.811. The molecule has 25 heavy (non-hydrogen) atoms. The van der Waals surface area contributed by atoms with Gasteiger partial charge in [-0.25, -0.2) is 13.6 Å². The first-order valence-electron chi connectivity index (χ1n) is 8.47. The van der Waals surface area contributed by atoms with E-state index in [0.717, 1.165) is 57.5 Å². The normalized spacial score (nSPS) is 15.8. The maximum Gasteiger partial charge on any atom is 0.319 e. The molecule has 8 heteroatoms. The Kier molecular flexibility index (Phi) is 7.12. The van der Waals surface area contributed by atoms with Crippen LogP contribution in [0.1, 0.15) is 25.7 Å². The number of primary amides is 1. The largest absolute Gasteiger partial charge is 0.369 e. The molecule has 0 saturated carbocycles. The van der Waals surface area contributed by atoms with Gasteiger partial charge in [0.1, 0.15) is 11.6 Å². The third kappa shape index (κ3) is 6.30. The molecule has 1 saturated heterocycles. The van der Waals surface area contributed by atoms with Gasteiger partial charge >= 0.3 is 6.03 Å². The Balaban J connectivity index is 1.57. The standard InChI is InChI=1S/C17H24F2N4O2/c18-13-3-4-15(14(19)11-13)22-17(25)21-7-1-2-8-23-9-5-12(6-10-23)16(20)24/h3-4,11-12H,1-2,5-10H2,(H2,20,24)(H2,21,22,25). The lowest BCUT2D eigenvalue weighted by Crippen LogP contribution is -2.39. The molecule has 0 unspecified atom stereocenters. The van der Waals surface area contributed by atoms with Crippen LogP contribution in [0.4, 0.5) is 19.3 Å². The molecule has 0 aliphatic carbocycles. The number of carbonyl (C=O) groups is 2. The smallest absolute Gasteiger partial charge is 0.319 e. The van der Waals surface area contributed by atoms with Crippen LogP contribution < -0.4 is 16.4 Å². The lowest BCUT2D eigenvalue weighted by atomic mass is 9.96. The first kappa shape index (κ1) is 19.1. The molecule has 1 aliphatic rings. The average molecular weight is 354 g/mol. The molecule has 0 bridgehead atoms. The van der Waals surface area contributed by atoms with Gasteiger partial charge in [0.15, 0.2) is 0 Å². The predicted octanol–water partition coefficient (Wildman–Crippen LogP) is 2.06. The highest BCUT2D eigenvalue weighted by molar-refractivity contribution is 5.89. The van der Waals surface area contributed by atoms with Crippen LogP contribution in [0.3, 0.4) is 0 Å². The number of likely N-dealkylation sites (tertiary alicyclic amines) is 1. The number of hydrogen-bond acceptors (Lipinski definition) is 3. The number of halogens is 2. The second-order valence-electron chi connectivity index (χ2n) is 6.23. The predicted molar refractivity (Wildman–Crippen MR) is 91.0 cm³/mol. The van der Waals surface area contributed by atoms with E-state index in [1.807, 2.05) is 0 Å². The van der Waals surface area contributed by atoms with E-state index in [-0.39, 0.29) is 17.5 Å². The summed E-state index contributed by atoms with van der Waals surface area (Å²) in [6.07, 6.45) is 3.31. The molecule has 4 N–H and O–H groups in total. The van der Waals surface area contributed by atoms with E-state index in [2.05, 4.69) is 15.5 Å². The number of urea groups is 1. The van der Waals surface area contributed by atoms with E-state index in [0.29, 0.717) is 6.54 Å². The molecule has 0 spiro atoms. The van der Waals surface area contributed by atoms with Crippen molar-refractivity contribution in [2.24, 2.45) is 11.7 Å². The molecular weight excluding hydrogens is 330 g/mol. The van der Waals surface area contributed by atoms with Crippen molar-refractivity contribution in [3.63, 3.8) is 0 Å². The first-order chi connectivity index (χ1) is 12.0. The van der Waals surface area contributed by atoms with Crippen LogP contribution in [0.15, 0.2) is 18.2 Å². The van der Waals surface area contributed by atoms with Crippen LogP contribution in [-0.2, 0) is 4.79 Å². The molecule has 1 aromatic rings. The zero-order valence-corrected chi connectivity index (χ0v) is 14.1. The van der Waals surface area contributed by atoms with Gasteiger partial charge in [-0.3, -0.25) is 4.79 Å². The third-order valence-electron chi connectivity index (χ3n) is 4.36. The SMILES string of the molecule is NC(=O)C1CCN(CCCCNC(=O)Nc2ccc(F)cc2F)CC1. The van der Waals surface area contributed by atoms with Gasteiger partial charge in [0.2, 0.25) is 5.91 Å². The summed E-state index contributed by atoms with van der Waals surface area (Å²) in [5, 5.41) is 4.99. The van der Waals surface area contributed by atoms with Crippen LogP contribution >= 0.6 is 0 Å². The summed E-state index contributed by atoms with van der Waals surface area (Å²) in [5.41, 5.74) is 5.25. The molecule has 138 valence electrons. The maximum atomic E-state index is 13.4. The fourth-order valence-electron chi connectivity index (χ4n) is 2.86. The number of benzene rings is 1. The van der Waals surface area contributed by atoms with Crippen molar-refractivity contribution in [3.8, 4) is 0 Å². The van der Waals surface area contributed by atoms with Crippen LogP contribution in [0.2, 0.25) is 0 Å². The fourth-order valence-corrected chi connectivity index (χ4v) is 2.86. The number of nitrogens with one attached hydrogen (secondary N) is 2. The van der Waals surface area contributed by atoms with Crippen molar-refractivity contribution in [2.45, 2.75) is 25.7 Å². The van der Waals surface area contributed by atoms with Gasteiger partial charge in [-0.15, -0.1) is 0 Å². The van der Waals surface area contributed by atoms with Crippen molar-refractivity contribution in [1.82, 2.24) is 10.2 Å². The molecule has 1 fully saturated rings. The zero-order chi connectivity index (χ0) is 18.2. The molecule has 0 atom stereocenters. The highest BCUT2D eigenvalue weighted by Crippen LogP contribution is 2.17. The molecule has 1 heterocycles. The minimum Gasteiger partial charge on any atom is -0.369 e. The van der Waals surface area contributed by atoms with Gasteiger partial charge < -0.3 is 21.3 Å². The van der Waals surface area contributed by atoms with Crippen LogP contribution in [0, 0.1) is 17.6 Å². The van der Waals surface area contributed by atoms with E-state index >= 15 is 0 Å². The topological polar surface area (TPSA) is 87.5 Å². The average Bonchev–Trinajstić information content (AvgIpc) is 2.57. The summed E-state index contributed by atoms with van der Waals surface area (Å²) in [6, 6.07) is 2.46. The van der Waals surface area contributed by atoms with Crippen molar-refractivity contribution in [1.29, 1.82) is 0 Å². The Labute approximate surface area is 145 Å². The van der Waals surface area contributed by atoms with E-state index < -0.39 is 17.7 Å². The third-order valence-corrected chi connectivity index (χ3v) is 4.36. The number of anilines is 1. The van der Waals surface area contributed by atoms with Crippen LogP contribution in [0.5, 0.6) is 0 Å². The van der Waals surface area contributed by atoms with Crippen molar-refractivity contribution >= 4 is 17.6 Å². The van der Waals surface area contributed by atoms with E-state index in [4.69, 9.17) is 5.73 Å². The Morgan fingerprint density at radius 1 is 1.20 bits per heavy atom. The lowest BCUT2D eigenvalue weighted by molar-refractivity contribution is -0.123. The molecule has 2 rings (SSSR count). The van der Waals surface area contributed by atoms with E-state index in [9.17, 15) is 18.4 Å². The monoisotopic (exact) mass is 354 g/mol. The lowest BCUT2D eigenvalue weighted by Gasteiger charge is -2.30. The van der Waals surface area contributed by atoms with Gasteiger partial charge in [-0.1, -0.05) is 0 Å². The second-order valence-corrected chi connectivity index (χ2v) is 6.23. The van der Waals surface area contributed by atoms with Crippen molar-refractivity contribution < 1.29 is 18.4 Å². The van der Waals surface area contributed by atoms with E-state index in [1.165, 1.54) is 6.07 Å². The zero-order valence-electron chi connectivity index (χ0n) is 14.1. The molecule has 1 aliphatic heterocycles. The van der Waals surface area contributed by atoms with E-state index in [1.54, 1.807) is 0 Å². The summed E-state index contributed by atoms with van der Waals surface area (Å²) in [6.45, 7) is 3.10. The molecule has 3 amide bonds. The van der Waals surface area contributed by atoms with Gasteiger partial charge in [-0.2, -0.15) is 0 Å². The quantitative estimate of drug-likeness (QED) is 0.655. The number of nitrogens with two attached hydrogens (primary N) is 1. The molecule has 6 nitrogen and oxygen atoms in total. The Hall–Kier alpha value is -2.22. The number of piperidine rings is 1. The molecule has 1 aromatic carbocycles. The summed E-state index contributed by atoms with van der Waals surface area (Å²) in [5.74, 6) is -1.72. The minimum absolute atomic E-state index is 0.00605. The van der Waals surface area contributed by atoms with Gasteiger partial charge in [0.05, 0.1) is 5.69 Å². The number of hydrogen-bond donors (Lipinski definition) is 3. The van der Waals surface area contributed by atoms with Crippen LogP contribution in [0.25, 0.3) is 0 Å². The van der Waals surface area contributed by atoms with Gasteiger partial charge in [0, 0.05) is 18.5 Å². The number of carbonyl (C=O) groups excluding carboxylic acids is 2. The summed E-state index contributed by atoms with van der Waals surface area (Å²) in [7, 11) is 0. The highest BCUT2D eigenvalue weighted by Gasteiger charge is 2.22. The number of unbranched alkanes of at least 4 members (excludes halogenated alkanes) is 1. The molecular formula is C17H24F2N4O2. The summed E-state index contributed by atoms with van der Waals surface area (Å²) < 4.78 is 26.2. The number of amides is 3. The number of nitrogens with zero attached hydrogens (tertiary/aromatic N) is 1. The highest BCUT2D eigenvalue weighted by atomic mass is 19.1. The van der Waals surface area contributed by atoms with Crippen molar-refractivity contribution in [3.05, 3.63) is 29.8 Å². The summed E-state index contributed by atoms with van der Waals surface area (Å²) >= 11 is 0. The molecule has 0 aromatic heterocycles. The fraction of sp³-hybridized carbons (Fsp3) is 0.529. The van der Waals surface area contributed by atoms with Crippen LogP contribution in [-0.4, -0.2) is 43.0 Å². The maximum absolute atomic E-state index is 13.4. The Morgan fingerprint density at radius 3 is 2.56 bits per heavy atom. The van der Waals surface area contributed by atoms with Gasteiger partial charge in [0.25, 0.3) is 0 Å².